The van der Waals surface area contributed by atoms with Crippen molar-refractivity contribution in [3.05, 3.63) is 28.2 Å². The summed E-state index contributed by atoms with van der Waals surface area (Å²) in [6.45, 7) is 0. The van der Waals surface area contributed by atoms with Crippen LogP contribution in [0.25, 0.3) is 0 Å². The van der Waals surface area contributed by atoms with Crippen LogP contribution >= 0.6 is 15.9 Å². The lowest BCUT2D eigenvalue weighted by atomic mass is 10.2. The smallest absolute Gasteiger partial charge is 0.472 e. The molecule has 0 saturated carbocycles. The SMILES string of the molecule is COc1ccc(C(=O)NNC(=O)C(F)(F)F)cc1Br. The highest BCUT2D eigenvalue weighted by Crippen LogP contribution is 2.25. The number of alkyl halides is 3. The maximum atomic E-state index is 11.9. The predicted molar refractivity (Wildman–Crippen MR) is 62.4 cm³/mol. The van der Waals surface area contributed by atoms with Crippen LogP contribution < -0.4 is 15.6 Å². The molecule has 0 fully saturated rings. The zero-order chi connectivity index (χ0) is 14.6. The highest BCUT2D eigenvalue weighted by atomic mass is 79.9. The summed E-state index contributed by atoms with van der Waals surface area (Å²) >= 11 is 3.12. The van der Waals surface area contributed by atoms with Crippen molar-refractivity contribution in [2.75, 3.05) is 7.11 Å². The lowest BCUT2D eigenvalue weighted by molar-refractivity contribution is -0.174. The Morgan fingerprint density at radius 3 is 2.37 bits per heavy atom. The molecule has 2 amide bonds. The van der Waals surface area contributed by atoms with Gasteiger partial charge in [-0.1, -0.05) is 0 Å². The molecule has 0 saturated heterocycles. The monoisotopic (exact) mass is 340 g/mol. The van der Waals surface area contributed by atoms with Gasteiger partial charge in [-0.3, -0.25) is 20.4 Å². The number of benzene rings is 1. The molecule has 0 radical (unpaired) electrons. The number of hydrogen-bond donors (Lipinski definition) is 2. The summed E-state index contributed by atoms with van der Waals surface area (Å²) in [6, 6.07) is 4.12. The highest BCUT2D eigenvalue weighted by Gasteiger charge is 2.38. The maximum Gasteiger partial charge on any atom is 0.472 e. The van der Waals surface area contributed by atoms with Crippen molar-refractivity contribution in [3.8, 4) is 5.75 Å². The summed E-state index contributed by atoms with van der Waals surface area (Å²) in [4.78, 5) is 22.0. The number of ether oxygens (including phenoxy) is 1. The van der Waals surface area contributed by atoms with Gasteiger partial charge in [-0.15, -0.1) is 0 Å². The largest absolute Gasteiger partial charge is 0.496 e. The van der Waals surface area contributed by atoms with Gasteiger partial charge in [0.05, 0.1) is 11.6 Å². The molecule has 104 valence electrons. The molecule has 0 aliphatic carbocycles. The molecule has 19 heavy (non-hydrogen) atoms. The molecular weight excluding hydrogens is 333 g/mol. The van der Waals surface area contributed by atoms with Crippen LogP contribution in [0, 0.1) is 0 Å². The third kappa shape index (κ3) is 4.12. The Morgan fingerprint density at radius 2 is 1.89 bits per heavy atom. The van der Waals surface area contributed by atoms with E-state index in [0.717, 1.165) is 0 Å². The lowest BCUT2D eigenvalue weighted by Gasteiger charge is -2.10. The molecule has 2 N–H and O–H groups in total. The second-order valence-electron chi connectivity index (χ2n) is 3.26. The fourth-order valence-electron chi connectivity index (χ4n) is 1.06. The van der Waals surface area contributed by atoms with Crippen molar-refractivity contribution in [1.29, 1.82) is 0 Å². The molecule has 1 rings (SSSR count). The van der Waals surface area contributed by atoms with Crippen LogP contribution in [0.3, 0.4) is 0 Å². The van der Waals surface area contributed by atoms with Crippen LogP contribution in [-0.4, -0.2) is 25.1 Å². The molecule has 0 spiro atoms. The van der Waals surface area contributed by atoms with Crippen molar-refractivity contribution in [2.45, 2.75) is 6.18 Å². The standard InChI is InChI=1S/C10H8BrF3N2O3/c1-19-7-3-2-5(4-6(7)11)8(17)15-16-9(18)10(12,13)14/h2-4H,1H3,(H,15,17)(H,16,18). The van der Waals surface area contributed by atoms with Crippen molar-refractivity contribution in [3.63, 3.8) is 0 Å². The normalized spacial score (nSPS) is 10.8. The number of carbonyl (C=O) groups excluding carboxylic acids is 2. The van der Waals surface area contributed by atoms with E-state index in [9.17, 15) is 22.8 Å². The number of amides is 2. The summed E-state index contributed by atoms with van der Waals surface area (Å²) in [5.74, 6) is -2.69. The molecule has 1 aromatic carbocycles. The first-order valence-corrected chi connectivity index (χ1v) is 5.56. The average Bonchev–Trinajstić information content (AvgIpc) is 2.34. The molecule has 1 aromatic rings. The number of rotatable bonds is 2. The van der Waals surface area contributed by atoms with Gasteiger partial charge in [0.25, 0.3) is 5.91 Å². The summed E-state index contributed by atoms with van der Waals surface area (Å²) in [5, 5.41) is 0. The van der Waals surface area contributed by atoms with Crippen LogP contribution in [0.2, 0.25) is 0 Å². The van der Waals surface area contributed by atoms with Crippen LogP contribution in [0.15, 0.2) is 22.7 Å². The van der Waals surface area contributed by atoms with Gasteiger partial charge in [0, 0.05) is 5.56 Å². The van der Waals surface area contributed by atoms with E-state index in [0.29, 0.717) is 10.2 Å². The van der Waals surface area contributed by atoms with Gasteiger partial charge < -0.3 is 4.74 Å². The lowest BCUT2D eigenvalue weighted by Crippen LogP contribution is -2.47. The number of hydrazine groups is 1. The van der Waals surface area contributed by atoms with Gasteiger partial charge in [-0.05, 0) is 34.1 Å². The molecular formula is C10H8BrF3N2O3. The molecule has 0 bridgehead atoms. The first kappa shape index (κ1) is 15.3. The van der Waals surface area contributed by atoms with Gasteiger partial charge in [-0.2, -0.15) is 13.2 Å². The molecule has 9 heteroatoms. The first-order valence-electron chi connectivity index (χ1n) is 4.76. The average molecular weight is 341 g/mol. The molecule has 0 heterocycles. The van der Waals surface area contributed by atoms with Gasteiger partial charge >= 0.3 is 12.1 Å². The number of hydrogen-bond acceptors (Lipinski definition) is 3. The number of methoxy groups -OCH3 is 1. The third-order valence-electron chi connectivity index (χ3n) is 1.96. The van der Waals surface area contributed by atoms with E-state index < -0.39 is 18.0 Å². The first-order chi connectivity index (χ1) is 8.75. The minimum atomic E-state index is -5.06. The van der Waals surface area contributed by atoms with Crippen LogP contribution in [0.4, 0.5) is 13.2 Å². The zero-order valence-corrected chi connectivity index (χ0v) is 11.1. The molecule has 0 aromatic heterocycles. The third-order valence-corrected chi connectivity index (χ3v) is 2.58. The minimum absolute atomic E-state index is 0.0511. The van der Waals surface area contributed by atoms with E-state index >= 15 is 0 Å². The van der Waals surface area contributed by atoms with Crippen molar-refractivity contribution < 1.29 is 27.5 Å². The Hall–Kier alpha value is -1.77. The predicted octanol–water partition coefficient (Wildman–Crippen LogP) is 1.78. The molecule has 0 aliphatic heterocycles. The number of halogens is 4. The van der Waals surface area contributed by atoms with E-state index in [-0.39, 0.29) is 5.56 Å². The summed E-state index contributed by atoms with van der Waals surface area (Å²) in [6.07, 6.45) is -5.06. The molecule has 0 atom stereocenters. The van der Waals surface area contributed by atoms with Crippen molar-refractivity contribution in [1.82, 2.24) is 10.9 Å². The van der Waals surface area contributed by atoms with Crippen LogP contribution in [-0.2, 0) is 4.79 Å². The molecule has 5 nitrogen and oxygen atoms in total. The van der Waals surface area contributed by atoms with Crippen molar-refractivity contribution >= 4 is 27.7 Å². The quantitative estimate of drug-likeness (QED) is 0.806. The topological polar surface area (TPSA) is 67.4 Å². The van der Waals surface area contributed by atoms with E-state index in [4.69, 9.17) is 4.74 Å². The summed E-state index contributed by atoms with van der Waals surface area (Å²) < 4.78 is 41.0. The number of nitrogens with one attached hydrogen (secondary N) is 2. The van der Waals surface area contributed by atoms with Gasteiger partial charge in [0.1, 0.15) is 5.75 Å². The Labute approximate surface area is 114 Å². The fraction of sp³-hybridized carbons (Fsp3) is 0.200. The summed E-state index contributed by atoms with van der Waals surface area (Å²) in [7, 11) is 1.42. The Bertz CT molecular complexity index is 505. The summed E-state index contributed by atoms with van der Waals surface area (Å²) in [5.41, 5.74) is 2.96. The Morgan fingerprint density at radius 1 is 1.26 bits per heavy atom. The Kier molecular flexibility index (Phi) is 4.76. The highest BCUT2D eigenvalue weighted by molar-refractivity contribution is 9.10. The number of carbonyl (C=O) groups is 2. The van der Waals surface area contributed by atoms with Gasteiger partial charge in [0.2, 0.25) is 0 Å². The second kappa shape index (κ2) is 5.91. The zero-order valence-electron chi connectivity index (χ0n) is 9.47. The van der Waals surface area contributed by atoms with E-state index in [2.05, 4.69) is 15.9 Å². The van der Waals surface area contributed by atoms with E-state index in [1.807, 2.05) is 0 Å². The van der Waals surface area contributed by atoms with Crippen molar-refractivity contribution in [2.24, 2.45) is 0 Å². The van der Waals surface area contributed by atoms with E-state index in [1.54, 1.807) is 5.43 Å². The van der Waals surface area contributed by atoms with E-state index in [1.165, 1.54) is 30.7 Å². The minimum Gasteiger partial charge on any atom is -0.496 e. The molecule has 0 aliphatic rings. The van der Waals surface area contributed by atoms with Gasteiger partial charge in [0.15, 0.2) is 0 Å². The Balaban J connectivity index is 2.69. The second-order valence-corrected chi connectivity index (χ2v) is 4.11. The van der Waals surface area contributed by atoms with Crippen LogP contribution in [0.1, 0.15) is 10.4 Å². The maximum absolute atomic E-state index is 11.9. The van der Waals surface area contributed by atoms with Crippen LogP contribution in [0.5, 0.6) is 5.75 Å². The van der Waals surface area contributed by atoms with Gasteiger partial charge in [-0.25, -0.2) is 0 Å². The fourth-order valence-corrected chi connectivity index (χ4v) is 1.60. The molecule has 0 unspecified atom stereocenters.